The molecule has 2 aromatic carbocycles. The summed E-state index contributed by atoms with van der Waals surface area (Å²) in [6.07, 6.45) is 2.92. The minimum Gasteiger partial charge on any atom is -0.320 e. The molecule has 0 bridgehead atoms. The Kier molecular flexibility index (Phi) is 7.93. The maximum absolute atomic E-state index is 13.6. The third kappa shape index (κ3) is 5.76. The van der Waals surface area contributed by atoms with Gasteiger partial charge in [0.05, 0.1) is 18.3 Å². The Hall–Kier alpha value is -4.83. The first-order valence-electron chi connectivity index (χ1n) is 11.7. The molecule has 38 heavy (non-hydrogen) atoms. The van der Waals surface area contributed by atoms with Crippen LogP contribution in [-0.2, 0) is 11.3 Å². The van der Waals surface area contributed by atoms with E-state index in [1.54, 1.807) is 50.4 Å². The fourth-order valence-electron chi connectivity index (χ4n) is 3.83. The van der Waals surface area contributed by atoms with Crippen LogP contribution >= 0.6 is 0 Å². The summed E-state index contributed by atoms with van der Waals surface area (Å²) < 4.78 is 14.7. The molecule has 10 heteroatoms. The number of aromatic nitrogens is 2. The van der Waals surface area contributed by atoms with E-state index in [4.69, 9.17) is 0 Å². The van der Waals surface area contributed by atoms with Crippen LogP contribution in [0.25, 0.3) is 11.3 Å². The highest BCUT2D eigenvalue weighted by molar-refractivity contribution is 6.08. The van der Waals surface area contributed by atoms with Gasteiger partial charge >= 0.3 is 0 Å². The normalized spacial score (nSPS) is 11.6. The van der Waals surface area contributed by atoms with E-state index in [1.807, 2.05) is 0 Å². The lowest BCUT2D eigenvalue weighted by atomic mass is 10.0. The van der Waals surface area contributed by atoms with Crippen LogP contribution in [0.2, 0.25) is 0 Å². The molecular formula is C28H24FN5O4. The minimum atomic E-state index is -0.531. The second kappa shape index (κ2) is 11.5. The highest BCUT2D eigenvalue weighted by atomic mass is 19.1. The second-order valence-corrected chi connectivity index (χ2v) is 8.58. The molecule has 0 aliphatic rings. The number of nitrogens with one attached hydrogen (secondary N) is 2. The van der Waals surface area contributed by atoms with Gasteiger partial charge in [0, 0.05) is 29.1 Å². The fourth-order valence-corrected chi connectivity index (χ4v) is 3.83. The Labute approximate surface area is 217 Å². The van der Waals surface area contributed by atoms with E-state index in [0.29, 0.717) is 22.4 Å². The summed E-state index contributed by atoms with van der Waals surface area (Å²) >= 11 is 0. The Bertz CT molecular complexity index is 1570. The highest BCUT2D eigenvalue weighted by Gasteiger charge is 2.17. The predicted molar refractivity (Wildman–Crippen MR) is 142 cm³/mol. The van der Waals surface area contributed by atoms with E-state index in [-0.39, 0.29) is 35.2 Å². The van der Waals surface area contributed by atoms with Crippen molar-refractivity contribution in [2.45, 2.75) is 19.5 Å². The van der Waals surface area contributed by atoms with Crippen LogP contribution in [0.4, 0.5) is 15.8 Å². The van der Waals surface area contributed by atoms with Gasteiger partial charge in [-0.2, -0.15) is 0 Å². The standard InChI is InChI=1S/C28H24FN5O4/c1-17(30-2)27(36)32-24-10-11-25(20-4-3-5-23(13-20)33-38)34(28(24)37)16-18-12-21(15-31-14-18)26(35)19-6-8-22(29)9-7-19/h3-15,17,30H,16H2,1-2H3,(H,32,36). The molecule has 4 rings (SSSR count). The number of ketones is 1. The summed E-state index contributed by atoms with van der Waals surface area (Å²) in [6.45, 7) is 1.67. The SMILES string of the molecule is CNC(C)C(=O)Nc1ccc(-c2cccc(N=O)c2)n(Cc2cncc(C(=O)c3ccc(F)cc3)c2)c1=O. The molecule has 0 spiro atoms. The smallest absolute Gasteiger partial charge is 0.275 e. The van der Waals surface area contributed by atoms with Crippen molar-refractivity contribution in [1.82, 2.24) is 14.9 Å². The number of halogens is 1. The van der Waals surface area contributed by atoms with Crippen LogP contribution in [0.15, 0.2) is 89.1 Å². The molecule has 0 aliphatic heterocycles. The van der Waals surface area contributed by atoms with Crippen LogP contribution in [0.5, 0.6) is 0 Å². The lowest BCUT2D eigenvalue weighted by Crippen LogP contribution is -2.37. The molecule has 9 nitrogen and oxygen atoms in total. The molecule has 1 amide bonds. The van der Waals surface area contributed by atoms with Gasteiger partial charge in [-0.05, 0) is 79.3 Å². The second-order valence-electron chi connectivity index (χ2n) is 8.58. The van der Waals surface area contributed by atoms with Crippen molar-refractivity contribution in [2.75, 3.05) is 12.4 Å². The number of likely N-dealkylation sites (N-methyl/N-ethyl adjacent to an activating group) is 1. The van der Waals surface area contributed by atoms with Crippen LogP contribution in [0, 0.1) is 10.7 Å². The zero-order chi connectivity index (χ0) is 27.2. The molecule has 2 aromatic heterocycles. The fraction of sp³-hybridized carbons (Fsp3) is 0.143. The van der Waals surface area contributed by atoms with E-state index >= 15 is 0 Å². The van der Waals surface area contributed by atoms with Gasteiger partial charge in [0.2, 0.25) is 5.91 Å². The number of rotatable bonds is 9. The van der Waals surface area contributed by atoms with Crippen LogP contribution in [0.1, 0.15) is 28.4 Å². The van der Waals surface area contributed by atoms with Crippen molar-refractivity contribution in [1.29, 1.82) is 0 Å². The molecule has 1 atom stereocenters. The van der Waals surface area contributed by atoms with Crippen LogP contribution in [-0.4, -0.2) is 34.3 Å². The summed E-state index contributed by atoms with van der Waals surface area (Å²) in [7, 11) is 1.63. The number of nitrogens with zero attached hydrogens (tertiary/aromatic N) is 3. The first kappa shape index (κ1) is 26.2. The lowest BCUT2D eigenvalue weighted by molar-refractivity contribution is -0.117. The summed E-state index contributed by atoms with van der Waals surface area (Å²) in [4.78, 5) is 54.2. The molecular weight excluding hydrogens is 489 g/mol. The molecule has 0 saturated carbocycles. The molecule has 4 aromatic rings. The molecule has 192 valence electrons. The van der Waals surface area contributed by atoms with Crippen molar-refractivity contribution in [3.05, 3.63) is 117 Å². The maximum atomic E-state index is 13.6. The van der Waals surface area contributed by atoms with Crippen LogP contribution < -0.4 is 16.2 Å². The van der Waals surface area contributed by atoms with Crippen molar-refractivity contribution in [3.8, 4) is 11.3 Å². The van der Waals surface area contributed by atoms with Crippen molar-refractivity contribution in [2.24, 2.45) is 5.18 Å². The van der Waals surface area contributed by atoms with E-state index in [1.165, 1.54) is 47.3 Å². The zero-order valence-electron chi connectivity index (χ0n) is 20.6. The Balaban J connectivity index is 1.76. The van der Waals surface area contributed by atoms with Crippen molar-refractivity contribution >= 4 is 23.1 Å². The third-order valence-electron chi connectivity index (χ3n) is 6.01. The summed E-state index contributed by atoms with van der Waals surface area (Å²) in [5, 5.41) is 8.43. The molecule has 0 saturated heterocycles. The quantitative estimate of drug-likeness (QED) is 0.255. The minimum absolute atomic E-state index is 0.00966. The van der Waals surface area contributed by atoms with E-state index in [9.17, 15) is 23.7 Å². The molecule has 0 aliphatic carbocycles. The molecule has 0 fully saturated rings. The summed E-state index contributed by atoms with van der Waals surface area (Å²) in [5.41, 5.74) is 1.90. The van der Waals surface area contributed by atoms with E-state index < -0.39 is 17.4 Å². The Morgan fingerprint density at radius 3 is 2.50 bits per heavy atom. The predicted octanol–water partition coefficient (Wildman–Crippen LogP) is 4.27. The zero-order valence-corrected chi connectivity index (χ0v) is 20.6. The number of carbonyl (C=O) groups excluding carboxylic acids is 2. The first-order valence-corrected chi connectivity index (χ1v) is 11.7. The monoisotopic (exact) mass is 513 g/mol. The average molecular weight is 514 g/mol. The van der Waals surface area contributed by atoms with Gasteiger partial charge in [-0.25, -0.2) is 4.39 Å². The summed E-state index contributed by atoms with van der Waals surface area (Å²) in [5.74, 6) is -1.19. The van der Waals surface area contributed by atoms with Gasteiger partial charge in [0.1, 0.15) is 17.2 Å². The van der Waals surface area contributed by atoms with Gasteiger partial charge in [0.15, 0.2) is 5.78 Å². The van der Waals surface area contributed by atoms with Gasteiger partial charge in [-0.15, -0.1) is 4.91 Å². The third-order valence-corrected chi connectivity index (χ3v) is 6.01. The average Bonchev–Trinajstić information content (AvgIpc) is 2.94. The number of carbonyl (C=O) groups is 2. The molecule has 2 N–H and O–H groups in total. The Morgan fingerprint density at radius 1 is 1.03 bits per heavy atom. The topological polar surface area (TPSA) is 123 Å². The summed E-state index contributed by atoms with van der Waals surface area (Å²) in [6, 6.07) is 15.9. The number of anilines is 1. The number of amides is 1. The largest absolute Gasteiger partial charge is 0.320 e. The lowest BCUT2D eigenvalue weighted by Gasteiger charge is -2.17. The number of pyridine rings is 2. The number of hydrogen-bond donors (Lipinski definition) is 2. The van der Waals surface area contributed by atoms with E-state index in [0.717, 1.165) is 0 Å². The molecule has 1 unspecified atom stereocenters. The maximum Gasteiger partial charge on any atom is 0.275 e. The number of hydrogen-bond acceptors (Lipinski definition) is 7. The Morgan fingerprint density at radius 2 is 1.79 bits per heavy atom. The number of nitroso groups, excluding NO2 is 1. The van der Waals surface area contributed by atoms with Crippen LogP contribution in [0.3, 0.4) is 0 Å². The first-order chi connectivity index (χ1) is 18.3. The van der Waals surface area contributed by atoms with Gasteiger partial charge < -0.3 is 15.2 Å². The van der Waals surface area contributed by atoms with Gasteiger partial charge in [0.25, 0.3) is 5.56 Å². The molecule has 0 radical (unpaired) electrons. The number of benzene rings is 2. The molecule has 2 heterocycles. The van der Waals surface area contributed by atoms with Crippen molar-refractivity contribution in [3.63, 3.8) is 0 Å². The van der Waals surface area contributed by atoms with E-state index in [2.05, 4.69) is 20.8 Å². The van der Waals surface area contributed by atoms with Gasteiger partial charge in [-0.1, -0.05) is 12.1 Å². The van der Waals surface area contributed by atoms with Crippen molar-refractivity contribution < 1.29 is 14.0 Å². The highest BCUT2D eigenvalue weighted by Crippen LogP contribution is 2.25. The van der Waals surface area contributed by atoms with Gasteiger partial charge in [-0.3, -0.25) is 19.4 Å².